The summed E-state index contributed by atoms with van der Waals surface area (Å²) >= 11 is 1.75. The summed E-state index contributed by atoms with van der Waals surface area (Å²) in [6, 6.07) is 46.1. The molecule has 74 heavy (non-hydrogen) atoms. The molecule has 14 rings (SSSR count). The third-order valence-electron chi connectivity index (χ3n) is 16.6. The van der Waals surface area contributed by atoms with Crippen molar-refractivity contribution in [2.75, 3.05) is 15.5 Å². The monoisotopic (exact) mass is 984 g/mol. The smallest absolute Gasteiger partial charge is 0.260 e. The van der Waals surface area contributed by atoms with Crippen molar-refractivity contribution in [3.63, 3.8) is 0 Å². The summed E-state index contributed by atoms with van der Waals surface area (Å²) in [4.78, 5) is 2.51. The molecule has 364 valence electrons. The molecule has 0 fully saturated rings. The average molecular weight is 985 g/mol. The van der Waals surface area contributed by atoms with Crippen molar-refractivity contribution in [1.82, 2.24) is 0 Å². The van der Waals surface area contributed by atoms with Crippen molar-refractivity contribution in [2.24, 2.45) is 0 Å². The normalized spacial score (nSPS) is 14.9. The second kappa shape index (κ2) is 15.4. The number of hydrogen-bond donors (Lipinski definition) is 0. The Labute approximate surface area is 441 Å². The van der Waals surface area contributed by atoms with Crippen LogP contribution in [0.3, 0.4) is 0 Å². The zero-order chi connectivity index (χ0) is 51.2. The highest BCUT2D eigenvalue weighted by Gasteiger charge is 2.49. The Hall–Kier alpha value is -6.90. The Morgan fingerprint density at radius 1 is 0.351 bits per heavy atom. The molecule has 0 unspecified atom stereocenters. The summed E-state index contributed by atoms with van der Waals surface area (Å²) in [5, 5.41) is 0. The van der Waals surface area contributed by atoms with Gasteiger partial charge in [-0.2, -0.15) is 0 Å². The van der Waals surface area contributed by atoms with Crippen molar-refractivity contribution in [3.8, 4) is 46.0 Å². The number of fused-ring (bicyclic) bond motifs is 12. The summed E-state index contributed by atoms with van der Waals surface area (Å²) in [7, 11) is 0. The van der Waals surface area contributed by atoms with Crippen LogP contribution in [0.5, 0.6) is 46.0 Å². The van der Waals surface area contributed by atoms with Crippen LogP contribution >= 0.6 is 11.9 Å². The second-order valence-corrected chi connectivity index (χ2v) is 25.5. The first-order chi connectivity index (χ1) is 35.2. The van der Waals surface area contributed by atoms with Gasteiger partial charge in [0, 0.05) is 46.4 Å². The topological polar surface area (TPSA) is 43.4 Å². The van der Waals surface area contributed by atoms with Crippen LogP contribution < -0.4 is 77.3 Å². The van der Waals surface area contributed by atoms with E-state index in [2.05, 4.69) is 220 Å². The molecule has 8 aromatic carbocycles. The summed E-state index contributed by atoms with van der Waals surface area (Å²) in [6.07, 6.45) is 2.20. The first-order valence-corrected chi connectivity index (χ1v) is 27.4. The van der Waals surface area contributed by atoms with Gasteiger partial charge in [0.05, 0.1) is 11.4 Å². The standard InChI is InChI=1S/C64H59B3N2O4S/c1-34-22-49-59-50(23-34)69(74-13)48-33-54-46(67-44-29-39(64(10,11)12)17-21-52(44)71-56-25-36(3)27-58(73-54)61(56)67)31-42(48)65(59)41-30-45-53(32-47(41)68(49)40-18-14-37(15-19-40)62(4,5)6)72-57-26-35(2)24-55-60(57)66(45)43-28-38(63(7,8)9)16-20-51(43)70-55/h14-33H,1-13H3. The molecule has 6 aliphatic rings. The molecule has 0 N–H and O–H groups in total. The summed E-state index contributed by atoms with van der Waals surface area (Å²) in [5.41, 5.74) is 23.4. The molecule has 0 radical (unpaired) electrons. The molecule has 10 heteroatoms. The van der Waals surface area contributed by atoms with Crippen molar-refractivity contribution >= 4 is 110 Å². The van der Waals surface area contributed by atoms with Gasteiger partial charge in [-0.3, -0.25) is 4.31 Å². The second-order valence-electron chi connectivity index (χ2n) is 24.8. The molecule has 0 bridgehead atoms. The molecule has 0 saturated heterocycles. The first-order valence-electron chi connectivity index (χ1n) is 26.3. The lowest BCUT2D eigenvalue weighted by Gasteiger charge is -2.45. The minimum absolute atomic E-state index is 0.000875. The molecule has 8 aromatic rings. The van der Waals surface area contributed by atoms with E-state index in [1.807, 2.05) is 0 Å². The lowest BCUT2D eigenvalue weighted by molar-refractivity contribution is 0.463. The zero-order valence-corrected chi connectivity index (χ0v) is 45.5. The maximum Gasteiger partial charge on any atom is 0.260 e. The third kappa shape index (κ3) is 6.62. The fourth-order valence-corrected chi connectivity index (χ4v) is 13.6. The Morgan fingerprint density at radius 2 is 0.743 bits per heavy atom. The van der Waals surface area contributed by atoms with Crippen LogP contribution in [0.15, 0.2) is 121 Å². The fraction of sp³-hybridized carbons (Fsp3) is 0.250. The highest BCUT2D eigenvalue weighted by atomic mass is 32.2. The number of hydrogen-bond acceptors (Lipinski definition) is 7. The van der Waals surface area contributed by atoms with Gasteiger partial charge in [0.15, 0.2) is 0 Å². The quantitative estimate of drug-likeness (QED) is 0.126. The first kappa shape index (κ1) is 45.7. The van der Waals surface area contributed by atoms with Gasteiger partial charge in [-0.15, -0.1) is 0 Å². The van der Waals surface area contributed by atoms with Crippen molar-refractivity contribution in [1.29, 1.82) is 0 Å². The van der Waals surface area contributed by atoms with Crippen molar-refractivity contribution in [2.45, 2.75) is 99.3 Å². The molecular weight excluding hydrogens is 925 g/mol. The van der Waals surface area contributed by atoms with Gasteiger partial charge < -0.3 is 23.8 Å². The molecular formula is C64H59B3N2O4S. The van der Waals surface area contributed by atoms with Crippen molar-refractivity contribution < 1.29 is 18.9 Å². The highest BCUT2D eigenvalue weighted by molar-refractivity contribution is 8.00. The average Bonchev–Trinajstić information content (AvgIpc) is 3.36. The van der Waals surface area contributed by atoms with Gasteiger partial charge >= 0.3 is 0 Å². The van der Waals surface area contributed by atoms with E-state index in [1.165, 1.54) is 60.9 Å². The lowest BCUT2D eigenvalue weighted by Crippen LogP contribution is -2.65. The Morgan fingerprint density at radius 3 is 1.22 bits per heavy atom. The van der Waals surface area contributed by atoms with E-state index < -0.39 is 0 Å². The molecule has 0 aliphatic carbocycles. The van der Waals surface area contributed by atoms with Crippen LogP contribution in [0, 0.1) is 20.8 Å². The number of anilines is 5. The predicted octanol–water partition coefficient (Wildman–Crippen LogP) is 11.0. The molecule has 0 amide bonds. The predicted molar refractivity (Wildman–Crippen MR) is 314 cm³/mol. The van der Waals surface area contributed by atoms with Gasteiger partial charge in [0.25, 0.3) is 20.1 Å². The SMILES string of the molecule is CSN1c2cc3c(cc2B2c4cc5c(cc4N(c4ccc(C(C)(C)C)cc4)c4cc(C)cc1c42)Oc1cc(C)cc2c1B5c1cc(C(C)(C)C)ccc1O2)B1c2cc(C(C)(C)C)ccc2Oc2cc(C)cc(c21)O3. The summed E-state index contributed by atoms with van der Waals surface area (Å²) in [5.74, 6) is 6.98. The van der Waals surface area contributed by atoms with E-state index in [0.717, 1.165) is 96.0 Å². The van der Waals surface area contributed by atoms with Crippen molar-refractivity contribution in [3.05, 3.63) is 155 Å². The van der Waals surface area contributed by atoms with Crippen LogP contribution in [0.25, 0.3) is 0 Å². The van der Waals surface area contributed by atoms with Crippen LogP contribution in [0.2, 0.25) is 0 Å². The Kier molecular flexibility index (Phi) is 9.48. The van der Waals surface area contributed by atoms with Crippen LogP contribution in [0.4, 0.5) is 28.4 Å². The number of ether oxygens (including phenoxy) is 4. The van der Waals surface area contributed by atoms with Gasteiger partial charge in [0.2, 0.25) is 0 Å². The minimum atomic E-state index is -0.145. The number of nitrogens with zero attached hydrogens (tertiary/aromatic N) is 2. The largest absolute Gasteiger partial charge is 0.458 e. The molecule has 6 nitrogen and oxygen atoms in total. The maximum absolute atomic E-state index is 7.24. The van der Waals surface area contributed by atoms with Crippen LogP contribution in [0.1, 0.15) is 95.7 Å². The summed E-state index contributed by atoms with van der Waals surface area (Å²) in [6.45, 7) is 26.7. The van der Waals surface area contributed by atoms with E-state index in [9.17, 15) is 0 Å². The number of rotatable bonds is 2. The van der Waals surface area contributed by atoms with Gasteiger partial charge in [-0.25, -0.2) is 0 Å². The maximum atomic E-state index is 7.24. The fourth-order valence-electron chi connectivity index (χ4n) is 12.9. The molecule has 0 saturated carbocycles. The van der Waals surface area contributed by atoms with Crippen LogP contribution in [-0.4, -0.2) is 26.4 Å². The molecule has 0 aromatic heterocycles. The van der Waals surface area contributed by atoms with E-state index in [1.54, 1.807) is 11.9 Å². The van der Waals surface area contributed by atoms with Gasteiger partial charge in [-0.05, 0) is 181 Å². The Bertz CT molecular complexity index is 3810. The Balaban J connectivity index is 1.06. The minimum Gasteiger partial charge on any atom is -0.458 e. The zero-order valence-electron chi connectivity index (χ0n) is 44.7. The van der Waals surface area contributed by atoms with E-state index in [4.69, 9.17) is 18.9 Å². The molecule has 6 heterocycles. The number of aryl methyl sites for hydroxylation is 3. The van der Waals surface area contributed by atoms with E-state index in [0.29, 0.717) is 0 Å². The van der Waals surface area contributed by atoms with Gasteiger partial charge in [0.1, 0.15) is 46.0 Å². The number of benzene rings is 8. The van der Waals surface area contributed by atoms with Gasteiger partial charge in [-0.1, -0.05) is 111 Å². The summed E-state index contributed by atoms with van der Waals surface area (Å²) < 4.78 is 30.5. The molecule has 0 spiro atoms. The van der Waals surface area contributed by atoms with E-state index >= 15 is 0 Å². The van der Waals surface area contributed by atoms with E-state index in [-0.39, 0.29) is 36.4 Å². The molecule has 0 atom stereocenters. The molecule has 6 aliphatic heterocycles. The third-order valence-corrected chi connectivity index (χ3v) is 17.3. The van der Waals surface area contributed by atoms with Crippen LogP contribution in [-0.2, 0) is 16.2 Å². The lowest BCUT2D eigenvalue weighted by atomic mass is 9.29. The highest BCUT2D eigenvalue weighted by Crippen LogP contribution is 2.48.